The third kappa shape index (κ3) is 4.35. The van der Waals surface area contributed by atoms with Gasteiger partial charge in [-0.15, -0.1) is 0 Å². The van der Waals surface area contributed by atoms with Gasteiger partial charge in [0.25, 0.3) is 11.8 Å². The van der Waals surface area contributed by atoms with Crippen LogP contribution in [0.5, 0.6) is 0 Å². The monoisotopic (exact) mass is 448 g/mol. The predicted molar refractivity (Wildman–Crippen MR) is 122 cm³/mol. The fraction of sp³-hybridized carbons (Fsp3) is 0.440. The second-order valence-electron chi connectivity index (χ2n) is 8.92. The Kier molecular flexibility index (Phi) is 6.09. The Bertz CT molecular complexity index is 1050. The number of nitrogens with zero attached hydrogens (tertiary/aromatic N) is 3. The topological polar surface area (TPSA) is 91.8 Å². The van der Waals surface area contributed by atoms with Crippen LogP contribution in [0.25, 0.3) is 0 Å². The van der Waals surface area contributed by atoms with Crippen LogP contribution >= 0.6 is 0 Å². The Morgan fingerprint density at radius 3 is 2.82 bits per heavy atom. The highest BCUT2D eigenvalue weighted by Crippen LogP contribution is 2.34. The smallest absolute Gasteiger partial charge is 0.263 e. The second-order valence-corrected chi connectivity index (χ2v) is 8.92. The lowest BCUT2D eigenvalue weighted by Gasteiger charge is -2.34. The van der Waals surface area contributed by atoms with E-state index in [1.54, 1.807) is 24.5 Å². The van der Waals surface area contributed by atoms with Gasteiger partial charge in [0.05, 0.1) is 35.4 Å². The van der Waals surface area contributed by atoms with Crippen molar-refractivity contribution in [1.29, 1.82) is 0 Å². The third-order valence-corrected chi connectivity index (χ3v) is 6.70. The number of imide groups is 1. The van der Waals surface area contributed by atoms with Crippen molar-refractivity contribution in [3.63, 3.8) is 0 Å². The van der Waals surface area contributed by atoms with Crippen LogP contribution in [0.3, 0.4) is 0 Å². The Labute approximate surface area is 192 Å². The van der Waals surface area contributed by atoms with Crippen LogP contribution in [0.1, 0.15) is 52.0 Å². The van der Waals surface area contributed by atoms with Crippen LogP contribution in [0.2, 0.25) is 0 Å². The molecule has 3 amide bonds. The first-order chi connectivity index (χ1) is 16.1. The van der Waals surface area contributed by atoms with Gasteiger partial charge >= 0.3 is 0 Å². The number of carbonyl (C=O) groups excluding carboxylic acids is 3. The number of fused-ring (bicyclic) bond motifs is 1. The summed E-state index contributed by atoms with van der Waals surface area (Å²) in [6.07, 6.45) is 7.12. The van der Waals surface area contributed by atoms with Gasteiger partial charge in [0.2, 0.25) is 5.91 Å². The van der Waals surface area contributed by atoms with Gasteiger partial charge in [-0.3, -0.25) is 24.3 Å². The lowest BCUT2D eigenvalue weighted by Crippen LogP contribution is -2.45. The normalized spacial score (nSPS) is 22.5. The van der Waals surface area contributed by atoms with E-state index in [0.29, 0.717) is 24.2 Å². The third-order valence-electron chi connectivity index (χ3n) is 6.70. The van der Waals surface area contributed by atoms with Crippen LogP contribution in [0.15, 0.2) is 42.7 Å². The van der Waals surface area contributed by atoms with Gasteiger partial charge in [-0.2, -0.15) is 0 Å². The molecule has 2 fully saturated rings. The minimum atomic E-state index is -0.292. The van der Waals surface area contributed by atoms with E-state index in [0.717, 1.165) is 50.1 Å². The van der Waals surface area contributed by atoms with Gasteiger partial charge in [0.1, 0.15) is 0 Å². The molecule has 2 aromatic rings. The highest BCUT2D eigenvalue weighted by atomic mass is 16.5. The highest BCUT2D eigenvalue weighted by Gasteiger charge is 2.39. The Hall–Kier alpha value is -3.26. The van der Waals surface area contributed by atoms with Gasteiger partial charge in [-0.25, -0.2) is 0 Å². The van der Waals surface area contributed by atoms with Crippen LogP contribution < -0.4 is 10.2 Å². The van der Waals surface area contributed by atoms with E-state index in [1.807, 2.05) is 18.2 Å². The van der Waals surface area contributed by atoms with Crippen LogP contribution in [0.4, 0.5) is 5.69 Å². The summed E-state index contributed by atoms with van der Waals surface area (Å²) in [6.45, 7) is 2.77. The summed E-state index contributed by atoms with van der Waals surface area (Å²) < 4.78 is 5.60. The molecule has 5 rings (SSSR count). The summed E-state index contributed by atoms with van der Waals surface area (Å²) in [4.78, 5) is 46.6. The molecular formula is C25H28N4O4. The first kappa shape index (κ1) is 21.6. The molecule has 0 saturated carbocycles. The molecule has 1 aromatic heterocycles. The van der Waals surface area contributed by atoms with Crippen molar-refractivity contribution < 1.29 is 19.1 Å². The first-order valence-electron chi connectivity index (χ1n) is 11.6. The first-order valence-corrected chi connectivity index (χ1v) is 11.6. The number of carbonyl (C=O) groups is 3. The number of anilines is 1. The van der Waals surface area contributed by atoms with Crippen LogP contribution in [0, 0.1) is 5.92 Å². The number of hydrogen-bond donors (Lipinski definition) is 1. The van der Waals surface area contributed by atoms with Crippen molar-refractivity contribution in [3.8, 4) is 0 Å². The molecule has 1 N–H and O–H groups in total. The number of aromatic nitrogens is 1. The van der Waals surface area contributed by atoms with Gasteiger partial charge in [0.15, 0.2) is 0 Å². The summed E-state index contributed by atoms with van der Waals surface area (Å²) in [6, 6.07) is 9.04. The molecule has 0 unspecified atom stereocenters. The zero-order valence-corrected chi connectivity index (χ0v) is 18.5. The molecule has 3 aliphatic rings. The maximum Gasteiger partial charge on any atom is 0.263 e. The zero-order chi connectivity index (χ0) is 22.8. The molecule has 8 heteroatoms. The van der Waals surface area contributed by atoms with Gasteiger partial charge in [-0.1, -0.05) is 12.1 Å². The van der Waals surface area contributed by atoms with Gasteiger partial charge < -0.3 is 15.0 Å². The maximum absolute atomic E-state index is 13.3. The molecule has 0 aliphatic carbocycles. The molecule has 3 aliphatic heterocycles. The molecule has 2 saturated heterocycles. The average Bonchev–Trinajstić information content (AvgIpc) is 3.46. The molecule has 0 spiro atoms. The van der Waals surface area contributed by atoms with Gasteiger partial charge in [-0.05, 0) is 49.4 Å². The zero-order valence-electron chi connectivity index (χ0n) is 18.5. The lowest BCUT2D eigenvalue weighted by atomic mass is 9.95. The molecule has 33 heavy (non-hydrogen) atoms. The summed E-state index contributed by atoms with van der Waals surface area (Å²) in [7, 11) is 0. The number of amides is 3. The fourth-order valence-electron chi connectivity index (χ4n) is 4.97. The van der Waals surface area contributed by atoms with Crippen LogP contribution in [-0.4, -0.2) is 60.0 Å². The SMILES string of the molecule is O=C(NC[C@H]1CCCO1)[C@@H]1CCCN(c2cccc3c2C(=O)N(Cc2cccnc2)C3=O)C1. The standard InChI is InChI=1S/C25H28N4O4/c30-23(27-14-19-7-4-12-33-19)18-6-3-11-28(16-18)21-9-1-8-20-22(21)25(32)29(24(20)31)15-17-5-2-10-26-13-17/h1-2,5,8-10,13,18-19H,3-4,6-7,11-12,14-16H2,(H,27,30)/t18-,19-/m1/s1. The molecule has 8 nitrogen and oxygen atoms in total. The number of rotatable bonds is 6. The van der Waals surface area contributed by atoms with E-state index in [-0.39, 0.29) is 36.3 Å². The number of nitrogens with one attached hydrogen (secondary N) is 1. The molecular weight excluding hydrogens is 420 g/mol. The second kappa shape index (κ2) is 9.31. The average molecular weight is 449 g/mol. The van der Waals surface area contributed by atoms with E-state index in [4.69, 9.17) is 4.74 Å². The van der Waals surface area contributed by atoms with E-state index in [2.05, 4.69) is 15.2 Å². The summed E-state index contributed by atoms with van der Waals surface area (Å²) in [5.74, 6) is -0.707. The van der Waals surface area contributed by atoms with E-state index in [1.165, 1.54) is 4.90 Å². The van der Waals surface area contributed by atoms with Crippen molar-refractivity contribution >= 4 is 23.4 Å². The molecule has 172 valence electrons. The fourth-order valence-corrected chi connectivity index (χ4v) is 4.97. The van der Waals surface area contributed by atoms with Crippen molar-refractivity contribution in [2.75, 3.05) is 31.1 Å². The van der Waals surface area contributed by atoms with Crippen molar-refractivity contribution in [2.24, 2.45) is 5.92 Å². The number of benzene rings is 1. The van der Waals surface area contributed by atoms with E-state index < -0.39 is 0 Å². The molecule has 1 aromatic carbocycles. The Balaban J connectivity index is 1.31. The minimum Gasteiger partial charge on any atom is -0.376 e. The van der Waals surface area contributed by atoms with Crippen molar-refractivity contribution in [3.05, 3.63) is 59.4 Å². The Morgan fingerprint density at radius 2 is 2.03 bits per heavy atom. The summed E-state index contributed by atoms with van der Waals surface area (Å²) >= 11 is 0. The van der Waals surface area contributed by atoms with Crippen molar-refractivity contribution in [2.45, 2.75) is 38.3 Å². The maximum atomic E-state index is 13.3. The number of piperidine rings is 1. The number of hydrogen-bond acceptors (Lipinski definition) is 6. The minimum absolute atomic E-state index is 0.0309. The number of pyridine rings is 1. The van der Waals surface area contributed by atoms with E-state index in [9.17, 15) is 14.4 Å². The largest absolute Gasteiger partial charge is 0.376 e. The van der Waals surface area contributed by atoms with Gasteiger partial charge in [0, 0.05) is 38.6 Å². The van der Waals surface area contributed by atoms with E-state index >= 15 is 0 Å². The van der Waals surface area contributed by atoms with Crippen LogP contribution in [-0.2, 0) is 16.1 Å². The molecule has 4 heterocycles. The number of ether oxygens (including phenoxy) is 1. The summed E-state index contributed by atoms with van der Waals surface area (Å²) in [5, 5.41) is 3.04. The quantitative estimate of drug-likeness (QED) is 0.683. The van der Waals surface area contributed by atoms with Crippen molar-refractivity contribution in [1.82, 2.24) is 15.2 Å². The highest BCUT2D eigenvalue weighted by molar-refractivity contribution is 6.23. The molecule has 2 atom stereocenters. The molecule has 0 radical (unpaired) electrons. The predicted octanol–water partition coefficient (Wildman–Crippen LogP) is 2.39. The summed E-state index contributed by atoms with van der Waals surface area (Å²) in [5.41, 5.74) is 2.39. The Morgan fingerprint density at radius 1 is 1.12 bits per heavy atom. The molecule has 0 bridgehead atoms. The lowest BCUT2D eigenvalue weighted by molar-refractivity contribution is -0.125.